The van der Waals surface area contributed by atoms with Gasteiger partial charge in [-0.25, -0.2) is 14.8 Å². The molecule has 8 heteroatoms. The third kappa shape index (κ3) is 3.26. The van der Waals surface area contributed by atoms with E-state index in [0.29, 0.717) is 28.6 Å². The first-order valence-corrected chi connectivity index (χ1v) is 8.98. The molecule has 1 aromatic carbocycles. The Kier molecular flexibility index (Phi) is 4.31. The van der Waals surface area contributed by atoms with Crippen LogP contribution in [0, 0.1) is 5.92 Å². The van der Waals surface area contributed by atoms with Gasteiger partial charge >= 0.3 is 5.97 Å². The molecule has 0 amide bonds. The first kappa shape index (κ1) is 17.5. The van der Waals surface area contributed by atoms with E-state index in [2.05, 4.69) is 28.9 Å². The quantitative estimate of drug-likeness (QED) is 0.566. The van der Waals surface area contributed by atoms with Crippen LogP contribution in [0.5, 0.6) is 0 Å². The van der Waals surface area contributed by atoms with Gasteiger partial charge < -0.3 is 9.67 Å². The summed E-state index contributed by atoms with van der Waals surface area (Å²) in [5, 5.41) is 15.3. The summed E-state index contributed by atoms with van der Waals surface area (Å²) >= 11 is 6.31. The maximum Gasteiger partial charge on any atom is 0.337 e. The molecular weight excluding hydrogens is 366 g/mol. The molecule has 3 aromatic heterocycles. The molecule has 0 radical (unpaired) electrons. The van der Waals surface area contributed by atoms with Gasteiger partial charge in [-0.3, -0.25) is 4.68 Å². The number of hydrogen-bond donors (Lipinski definition) is 1. The van der Waals surface area contributed by atoms with Gasteiger partial charge in [-0.15, -0.1) is 0 Å². The standard InChI is InChI=1S/C19H18ClN5O2/c1-11(2)8-25-17-12(7-23-25)3-15(20)4-14(17)9-24-10-22-16-5-13(19(26)27)6-21-18(16)24/h3-7,10-11H,8-9H2,1-2H3,(H,26,27). The molecule has 7 nitrogen and oxygen atoms in total. The Labute approximate surface area is 160 Å². The van der Waals surface area contributed by atoms with Gasteiger partial charge in [0.25, 0.3) is 0 Å². The lowest BCUT2D eigenvalue weighted by atomic mass is 10.1. The Morgan fingerprint density at radius 3 is 2.78 bits per heavy atom. The highest BCUT2D eigenvalue weighted by molar-refractivity contribution is 6.31. The number of fused-ring (bicyclic) bond motifs is 2. The Balaban J connectivity index is 1.80. The van der Waals surface area contributed by atoms with Gasteiger partial charge in [-0.1, -0.05) is 25.4 Å². The van der Waals surface area contributed by atoms with Crippen molar-refractivity contribution >= 4 is 39.6 Å². The van der Waals surface area contributed by atoms with Crippen LogP contribution in [0.2, 0.25) is 5.02 Å². The third-order valence-electron chi connectivity index (χ3n) is 4.36. The van der Waals surface area contributed by atoms with Crippen molar-refractivity contribution < 1.29 is 9.90 Å². The summed E-state index contributed by atoms with van der Waals surface area (Å²) in [5.74, 6) is -0.560. The number of hydrogen-bond acceptors (Lipinski definition) is 4. The number of aromatic carboxylic acids is 1. The van der Waals surface area contributed by atoms with Gasteiger partial charge in [0.15, 0.2) is 5.65 Å². The molecule has 0 fully saturated rings. The van der Waals surface area contributed by atoms with Crippen LogP contribution in [0.15, 0.2) is 36.9 Å². The zero-order valence-corrected chi connectivity index (χ0v) is 15.7. The minimum atomic E-state index is -1.02. The molecule has 4 aromatic rings. The van der Waals surface area contributed by atoms with Crippen LogP contribution in [0.25, 0.3) is 22.1 Å². The Morgan fingerprint density at radius 1 is 1.22 bits per heavy atom. The number of imidazole rings is 1. The lowest BCUT2D eigenvalue weighted by Crippen LogP contribution is -2.08. The fourth-order valence-electron chi connectivity index (χ4n) is 3.25. The zero-order valence-electron chi connectivity index (χ0n) is 14.9. The highest BCUT2D eigenvalue weighted by Crippen LogP contribution is 2.26. The molecule has 0 aliphatic heterocycles. The molecular formula is C19H18ClN5O2. The van der Waals surface area contributed by atoms with Crippen molar-refractivity contribution in [2.75, 3.05) is 0 Å². The Morgan fingerprint density at radius 2 is 2.04 bits per heavy atom. The molecule has 0 atom stereocenters. The first-order chi connectivity index (χ1) is 12.9. The third-order valence-corrected chi connectivity index (χ3v) is 4.58. The van der Waals surface area contributed by atoms with Crippen LogP contribution in [0.4, 0.5) is 0 Å². The number of benzene rings is 1. The minimum Gasteiger partial charge on any atom is -0.478 e. The van der Waals surface area contributed by atoms with Crippen molar-refractivity contribution in [1.29, 1.82) is 0 Å². The minimum absolute atomic E-state index is 0.118. The van der Waals surface area contributed by atoms with Crippen molar-refractivity contribution in [3.05, 3.63) is 53.1 Å². The molecule has 4 rings (SSSR count). The van der Waals surface area contributed by atoms with E-state index in [4.69, 9.17) is 16.7 Å². The van der Waals surface area contributed by atoms with E-state index in [-0.39, 0.29) is 5.56 Å². The van der Waals surface area contributed by atoms with Crippen LogP contribution >= 0.6 is 11.6 Å². The summed E-state index contributed by atoms with van der Waals surface area (Å²) < 4.78 is 3.89. The summed E-state index contributed by atoms with van der Waals surface area (Å²) in [6.45, 7) is 5.62. The molecule has 0 spiro atoms. The largest absolute Gasteiger partial charge is 0.478 e. The average Bonchev–Trinajstić information content (AvgIpc) is 3.18. The van der Waals surface area contributed by atoms with Crippen LogP contribution in [0.1, 0.15) is 29.8 Å². The number of carboxylic acid groups (broad SMARTS) is 1. The Bertz CT molecular complexity index is 1160. The summed E-state index contributed by atoms with van der Waals surface area (Å²) in [6, 6.07) is 5.37. The highest BCUT2D eigenvalue weighted by atomic mass is 35.5. The fourth-order valence-corrected chi connectivity index (χ4v) is 3.50. The van der Waals surface area contributed by atoms with Crippen LogP contribution in [0.3, 0.4) is 0 Å². The summed E-state index contributed by atoms with van der Waals surface area (Å²) in [5.41, 5.74) is 3.34. The second-order valence-electron chi connectivity index (χ2n) is 6.97. The zero-order chi connectivity index (χ0) is 19.1. The first-order valence-electron chi connectivity index (χ1n) is 8.60. The topological polar surface area (TPSA) is 85.8 Å². The van der Waals surface area contributed by atoms with Crippen LogP contribution in [-0.4, -0.2) is 35.4 Å². The smallest absolute Gasteiger partial charge is 0.337 e. The van der Waals surface area contributed by atoms with Crippen LogP contribution in [-0.2, 0) is 13.1 Å². The maximum atomic E-state index is 11.1. The molecule has 0 saturated carbocycles. The van der Waals surface area contributed by atoms with E-state index in [1.165, 1.54) is 12.3 Å². The van der Waals surface area contributed by atoms with Gasteiger partial charge in [0.2, 0.25) is 0 Å². The van der Waals surface area contributed by atoms with Gasteiger partial charge in [0.1, 0.15) is 5.52 Å². The van der Waals surface area contributed by atoms with Gasteiger partial charge in [-0.2, -0.15) is 5.10 Å². The van der Waals surface area contributed by atoms with E-state index in [0.717, 1.165) is 23.0 Å². The van der Waals surface area contributed by atoms with Crippen molar-refractivity contribution in [2.24, 2.45) is 5.92 Å². The monoisotopic (exact) mass is 383 g/mol. The summed E-state index contributed by atoms with van der Waals surface area (Å²) in [4.78, 5) is 19.7. The number of carboxylic acids is 1. The molecule has 0 aliphatic rings. The number of halogens is 1. The van der Waals surface area contributed by atoms with E-state index < -0.39 is 5.97 Å². The normalized spacial score (nSPS) is 11.7. The molecule has 0 bridgehead atoms. The van der Waals surface area contributed by atoms with Gasteiger partial charge in [-0.05, 0) is 29.7 Å². The van der Waals surface area contributed by atoms with Crippen molar-refractivity contribution in [2.45, 2.75) is 26.9 Å². The van der Waals surface area contributed by atoms with E-state index in [1.807, 2.05) is 27.6 Å². The van der Waals surface area contributed by atoms with Gasteiger partial charge in [0, 0.05) is 23.2 Å². The molecule has 27 heavy (non-hydrogen) atoms. The number of rotatable bonds is 5. The SMILES string of the molecule is CC(C)Cn1ncc2cc(Cl)cc(Cn3cnc4cc(C(=O)O)cnc43)c21. The molecule has 1 N–H and O–H groups in total. The second-order valence-corrected chi connectivity index (χ2v) is 7.40. The number of aromatic nitrogens is 5. The van der Waals surface area contributed by atoms with E-state index in [1.54, 1.807) is 6.33 Å². The van der Waals surface area contributed by atoms with Crippen LogP contribution < -0.4 is 0 Å². The van der Waals surface area contributed by atoms with E-state index >= 15 is 0 Å². The van der Waals surface area contributed by atoms with E-state index in [9.17, 15) is 4.79 Å². The molecule has 0 unspecified atom stereocenters. The van der Waals surface area contributed by atoms with Crippen molar-refractivity contribution in [1.82, 2.24) is 24.3 Å². The second kappa shape index (κ2) is 6.66. The fraction of sp³-hybridized carbons (Fsp3) is 0.263. The summed E-state index contributed by atoms with van der Waals surface area (Å²) in [7, 11) is 0. The number of nitrogens with zero attached hydrogens (tertiary/aromatic N) is 5. The Hall–Kier alpha value is -2.93. The maximum absolute atomic E-state index is 11.1. The number of carbonyl (C=O) groups is 1. The highest BCUT2D eigenvalue weighted by Gasteiger charge is 2.14. The van der Waals surface area contributed by atoms with Gasteiger partial charge in [0.05, 0.1) is 30.1 Å². The predicted molar refractivity (Wildman–Crippen MR) is 103 cm³/mol. The molecule has 0 saturated heterocycles. The van der Waals surface area contributed by atoms with Crippen molar-refractivity contribution in [3.8, 4) is 0 Å². The summed E-state index contributed by atoms with van der Waals surface area (Å²) in [6.07, 6.45) is 4.84. The molecule has 138 valence electrons. The lowest BCUT2D eigenvalue weighted by molar-refractivity contribution is 0.0696. The van der Waals surface area contributed by atoms with Crippen molar-refractivity contribution in [3.63, 3.8) is 0 Å². The average molecular weight is 384 g/mol. The predicted octanol–water partition coefficient (Wildman–Crippen LogP) is 3.84. The lowest BCUT2D eigenvalue weighted by Gasteiger charge is -2.12. The molecule has 3 heterocycles. The number of pyridine rings is 1. The molecule has 0 aliphatic carbocycles.